The highest BCUT2D eigenvalue weighted by molar-refractivity contribution is 7.66. The van der Waals surface area contributed by atoms with Gasteiger partial charge in [-0.2, -0.15) is 8.62 Å². The van der Waals surface area contributed by atoms with Gasteiger partial charge in [-0.25, -0.2) is 28.6 Å². The highest BCUT2D eigenvalue weighted by Crippen LogP contribution is 2.67. The molecule has 0 spiro atoms. The number of aromatic nitrogens is 4. The largest absolute Gasteiger partial charge is 0.490 e. The third-order valence-electron chi connectivity index (χ3n) is 5.14. The summed E-state index contributed by atoms with van der Waals surface area (Å²) in [6.45, 7) is 3.38. The molecular formula is C13H22N5O10P3. The molecule has 18 heteroatoms. The van der Waals surface area contributed by atoms with E-state index in [4.69, 9.17) is 20.0 Å². The van der Waals surface area contributed by atoms with Crippen molar-refractivity contribution in [3.05, 3.63) is 12.7 Å². The Kier molecular flexibility index (Phi) is 6.77. The van der Waals surface area contributed by atoms with Crippen LogP contribution in [0, 0.1) is 11.8 Å². The average Bonchev–Trinajstić information content (AvgIpc) is 3.15. The first-order chi connectivity index (χ1) is 14.2. The molecule has 6 N–H and O–H groups in total. The Labute approximate surface area is 176 Å². The van der Waals surface area contributed by atoms with E-state index in [0.717, 1.165) is 0 Å². The predicted molar refractivity (Wildman–Crippen MR) is 105 cm³/mol. The van der Waals surface area contributed by atoms with Crippen LogP contribution in [0.3, 0.4) is 0 Å². The smallest absolute Gasteiger partial charge is 0.382 e. The van der Waals surface area contributed by atoms with Crippen LogP contribution in [0.4, 0.5) is 5.82 Å². The lowest BCUT2D eigenvalue weighted by Gasteiger charge is -2.28. The summed E-state index contributed by atoms with van der Waals surface area (Å²) in [6.07, 6.45) is 3.23. The third kappa shape index (κ3) is 5.77. The highest BCUT2D eigenvalue weighted by Gasteiger charge is 2.44. The van der Waals surface area contributed by atoms with Gasteiger partial charge in [0.2, 0.25) is 0 Å². The van der Waals surface area contributed by atoms with E-state index in [1.165, 1.54) is 13.3 Å². The van der Waals surface area contributed by atoms with Gasteiger partial charge in [0.25, 0.3) is 0 Å². The number of hydrogen-bond donors (Lipinski definition) is 5. The molecule has 15 nitrogen and oxygen atoms in total. The molecule has 2 heterocycles. The van der Waals surface area contributed by atoms with E-state index >= 15 is 0 Å². The van der Waals surface area contributed by atoms with Gasteiger partial charge in [-0.3, -0.25) is 4.52 Å². The summed E-state index contributed by atoms with van der Waals surface area (Å²) in [6, 6.07) is -0.0868. The molecule has 0 bridgehead atoms. The summed E-state index contributed by atoms with van der Waals surface area (Å²) in [7, 11) is -16.2. The molecule has 1 aliphatic rings. The Morgan fingerprint density at radius 3 is 2.42 bits per heavy atom. The standard InChI is InChI=1S/C13H22N5O10P3/c1-7-9(8(2)26-30(22,23)28-31(24,25)27-29(19,20)21)3-4-10(7)18-6-17-11-12(14)15-5-16-13(11)18/h5-10H,3-4H2,1-2H3,(H,22,23)(H,24,25)(H2,14,15,16)(H2,19,20,21)/t7-,8?,9-,10+/m1/s1. The number of fused-ring (bicyclic) bond motifs is 1. The molecular weight excluding hydrogens is 479 g/mol. The van der Waals surface area contributed by atoms with Crippen LogP contribution < -0.4 is 5.73 Å². The minimum Gasteiger partial charge on any atom is -0.382 e. The Bertz CT molecular complexity index is 1100. The Morgan fingerprint density at radius 1 is 1.10 bits per heavy atom. The average molecular weight is 501 g/mol. The minimum absolute atomic E-state index is 0.0868. The molecule has 0 saturated heterocycles. The molecule has 1 fully saturated rings. The summed E-state index contributed by atoms with van der Waals surface area (Å²) in [5.74, 6) is -0.130. The lowest BCUT2D eigenvalue weighted by Crippen LogP contribution is -2.25. The van der Waals surface area contributed by atoms with Gasteiger partial charge in [-0.05, 0) is 31.6 Å². The maximum atomic E-state index is 12.1. The molecule has 31 heavy (non-hydrogen) atoms. The highest BCUT2D eigenvalue weighted by atomic mass is 31.3. The molecule has 0 amide bonds. The number of phosphoric ester groups is 1. The monoisotopic (exact) mass is 501 g/mol. The summed E-state index contributed by atoms with van der Waals surface area (Å²) in [5, 5.41) is 0. The van der Waals surface area contributed by atoms with Gasteiger partial charge in [0.15, 0.2) is 11.5 Å². The Hall–Kier alpha value is -1.24. The van der Waals surface area contributed by atoms with E-state index in [9.17, 15) is 23.5 Å². The van der Waals surface area contributed by atoms with Crippen LogP contribution in [-0.4, -0.2) is 45.2 Å². The second-order valence-electron chi connectivity index (χ2n) is 7.15. The van der Waals surface area contributed by atoms with E-state index in [1.54, 1.807) is 6.33 Å². The van der Waals surface area contributed by atoms with Crippen LogP contribution in [0.5, 0.6) is 0 Å². The van der Waals surface area contributed by atoms with Crippen LogP contribution in [0.2, 0.25) is 0 Å². The van der Waals surface area contributed by atoms with E-state index in [0.29, 0.717) is 24.0 Å². The normalized spacial score (nSPS) is 27.1. The van der Waals surface area contributed by atoms with Gasteiger partial charge in [-0.15, -0.1) is 0 Å². The molecule has 0 aromatic carbocycles. The number of phosphoric acid groups is 3. The maximum Gasteiger partial charge on any atom is 0.490 e. The zero-order valence-electron chi connectivity index (χ0n) is 16.3. The van der Waals surface area contributed by atoms with Gasteiger partial charge < -0.3 is 29.9 Å². The van der Waals surface area contributed by atoms with Gasteiger partial charge in [0.1, 0.15) is 11.8 Å². The third-order valence-corrected chi connectivity index (χ3v) is 9.07. The van der Waals surface area contributed by atoms with E-state index in [-0.39, 0.29) is 23.7 Å². The molecule has 0 radical (unpaired) electrons. The van der Waals surface area contributed by atoms with Crippen LogP contribution >= 0.6 is 23.5 Å². The van der Waals surface area contributed by atoms with E-state index in [2.05, 4.69) is 23.6 Å². The first-order valence-corrected chi connectivity index (χ1v) is 13.5. The number of nitrogens with two attached hydrogens (primary N) is 1. The van der Waals surface area contributed by atoms with Crippen LogP contribution in [0.1, 0.15) is 32.7 Å². The summed E-state index contributed by atoms with van der Waals surface area (Å²) in [5.41, 5.74) is 6.82. The second kappa shape index (κ2) is 8.60. The molecule has 3 unspecified atom stereocenters. The van der Waals surface area contributed by atoms with E-state index in [1.807, 2.05) is 11.5 Å². The van der Waals surface area contributed by atoms with Crippen molar-refractivity contribution in [3.8, 4) is 0 Å². The lowest BCUT2D eigenvalue weighted by atomic mass is 9.91. The molecule has 1 aliphatic carbocycles. The molecule has 1 saturated carbocycles. The van der Waals surface area contributed by atoms with Crippen LogP contribution in [-0.2, 0) is 26.8 Å². The van der Waals surface area contributed by atoms with Crippen molar-refractivity contribution in [1.29, 1.82) is 0 Å². The first-order valence-electron chi connectivity index (χ1n) is 8.94. The van der Waals surface area contributed by atoms with Crippen LogP contribution in [0.25, 0.3) is 11.2 Å². The molecule has 174 valence electrons. The minimum atomic E-state index is -5.56. The summed E-state index contributed by atoms with van der Waals surface area (Å²) < 4.78 is 48.7. The Morgan fingerprint density at radius 2 is 1.77 bits per heavy atom. The van der Waals surface area contributed by atoms with Gasteiger partial charge in [-0.1, -0.05) is 6.92 Å². The number of hydrogen-bond acceptors (Lipinski definition) is 10. The first kappa shape index (κ1) is 24.4. The zero-order chi connectivity index (χ0) is 23.2. The van der Waals surface area contributed by atoms with Crippen molar-refractivity contribution in [1.82, 2.24) is 19.5 Å². The second-order valence-corrected chi connectivity index (χ2v) is 11.5. The number of nitrogen functional groups attached to an aromatic ring is 1. The number of nitrogens with zero attached hydrogens (tertiary/aromatic N) is 4. The topological polar surface area (TPSA) is 229 Å². The molecule has 6 atom stereocenters. The van der Waals surface area contributed by atoms with Crippen LogP contribution in [0.15, 0.2) is 12.7 Å². The lowest BCUT2D eigenvalue weighted by molar-refractivity contribution is 0.0812. The fourth-order valence-corrected chi connectivity index (χ4v) is 7.17. The van der Waals surface area contributed by atoms with Crippen molar-refractivity contribution >= 4 is 40.4 Å². The molecule has 3 rings (SSSR count). The number of rotatable bonds is 8. The van der Waals surface area contributed by atoms with E-state index < -0.39 is 29.6 Å². The molecule has 2 aromatic rings. The Balaban J connectivity index is 1.71. The number of anilines is 1. The maximum absolute atomic E-state index is 12.1. The predicted octanol–water partition coefficient (Wildman–Crippen LogP) is 1.73. The number of imidazole rings is 1. The SMILES string of the molecule is CC(OP(=O)(O)OP(=O)(O)OP(=O)(O)O)[C@@H]1CC[C@H](n2cnc3c(N)ncnc32)[C@@H]1C. The van der Waals surface area contributed by atoms with Crippen molar-refractivity contribution < 1.29 is 46.4 Å². The van der Waals surface area contributed by atoms with Crippen molar-refractivity contribution in [2.45, 2.75) is 38.8 Å². The van der Waals surface area contributed by atoms with Crippen molar-refractivity contribution in [3.63, 3.8) is 0 Å². The van der Waals surface area contributed by atoms with Gasteiger partial charge >= 0.3 is 23.5 Å². The molecule has 0 aliphatic heterocycles. The summed E-state index contributed by atoms with van der Waals surface area (Å²) >= 11 is 0. The molecule has 2 aromatic heterocycles. The zero-order valence-corrected chi connectivity index (χ0v) is 19.0. The van der Waals surface area contributed by atoms with Gasteiger partial charge in [0.05, 0.1) is 12.4 Å². The van der Waals surface area contributed by atoms with Crippen molar-refractivity contribution in [2.24, 2.45) is 11.8 Å². The summed E-state index contributed by atoms with van der Waals surface area (Å²) in [4.78, 5) is 48.6. The fourth-order valence-electron chi connectivity index (χ4n) is 3.93. The fraction of sp³-hybridized carbons (Fsp3) is 0.615. The quantitative estimate of drug-likeness (QED) is 0.324. The van der Waals surface area contributed by atoms with Crippen molar-refractivity contribution in [2.75, 3.05) is 5.73 Å². The van der Waals surface area contributed by atoms with Gasteiger partial charge in [0, 0.05) is 6.04 Å².